The second kappa shape index (κ2) is 4.34. The van der Waals surface area contributed by atoms with Crippen molar-refractivity contribution in [3.05, 3.63) is 35.4 Å². The molecular formula is C19H27N. The van der Waals surface area contributed by atoms with Crippen molar-refractivity contribution >= 4 is 0 Å². The van der Waals surface area contributed by atoms with Crippen LogP contribution in [-0.4, -0.2) is 12.1 Å². The minimum atomic E-state index is 0.462. The third-order valence-electron chi connectivity index (χ3n) is 6.28. The third-order valence-corrected chi connectivity index (χ3v) is 6.28. The molecule has 1 heteroatoms. The molecular weight excluding hydrogens is 242 g/mol. The molecule has 0 saturated heterocycles. The number of nitrogens with one attached hydrogen (secondary N) is 1. The number of benzene rings is 1. The zero-order valence-electron chi connectivity index (χ0n) is 12.9. The van der Waals surface area contributed by atoms with Crippen LogP contribution < -0.4 is 5.32 Å². The molecule has 0 spiro atoms. The quantitative estimate of drug-likeness (QED) is 0.867. The first-order valence-electron chi connectivity index (χ1n) is 8.45. The van der Waals surface area contributed by atoms with E-state index in [-0.39, 0.29) is 0 Å². The van der Waals surface area contributed by atoms with Crippen LogP contribution in [0.5, 0.6) is 0 Å². The van der Waals surface area contributed by atoms with Gasteiger partial charge in [-0.25, -0.2) is 0 Å². The van der Waals surface area contributed by atoms with Crippen molar-refractivity contribution in [1.29, 1.82) is 0 Å². The van der Waals surface area contributed by atoms with Crippen LogP contribution in [0.25, 0.3) is 0 Å². The summed E-state index contributed by atoms with van der Waals surface area (Å²) in [6.45, 7) is 5.60. The van der Waals surface area contributed by atoms with Crippen LogP contribution in [0.3, 0.4) is 0 Å². The van der Waals surface area contributed by atoms with Crippen molar-refractivity contribution in [2.24, 2.45) is 11.8 Å². The van der Waals surface area contributed by atoms with Gasteiger partial charge in [0.2, 0.25) is 0 Å². The Labute approximate surface area is 123 Å². The third kappa shape index (κ3) is 1.86. The summed E-state index contributed by atoms with van der Waals surface area (Å²) in [6.07, 6.45) is 8.64. The predicted octanol–water partition coefficient (Wildman–Crippen LogP) is 4.19. The molecule has 4 atom stereocenters. The van der Waals surface area contributed by atoms with Gasteiger partial charge in [-0.15, -0.1) is 0 Å². The maximum Gasteiger partial charge on any atom is 0.0195 e. The van der Waals surface area contributed by atoms with Gasteiger partial charge in [0.15, 0.2) is 0 Å². The van der Waals surface area contributed by atoms with E-state index in [1.54, 1.807) is 5.56 Å². The average molecular weight is 269 g/mol. The van der Waals surface area contributed by atoms with Crippen LogP contribution in [0, 0.1) is 18.8 Å². The van der Waals surface area contributed by atoms with E-state index in [9.17, 15) is 0 Å². The molecule has 4 aliphatic rings. The summed E-state index contributed by atoms with van der Waals surface area (Å²) < 4.78 is 0. The molecule has 4 aliphatic carbocycles. The summed E-state index contributed by atoms with van der Waals surface area (Å²) in [6, 6.07) is 9.46. The van der Waals surface area contributed by atoms with Gasteiger partial charge in [-0.2, -0.15) is 0 Å². The lowest BCUT2D eigenvalue weighted by molar-refractivity contribution is -0.0399. The van der Waals surface area contributed by atoms with Gasteiger partial charge in [0.05, 0.1) is 0 Å². The highest BCUT2D eigenvalue weighted by molar-refractivity contribution is 5.33. The highest BCUT2D eigenvalue weighted by atomic mass is 15.0. The Kier molecular flexibility index (Phi) is 2.79. The Morgan fingerprint density at radius 1 is 1.05 bits per heavy atom. The van der Waals surface area contributed by atoms with E-state index in [2.05, 4.69) is 43.4 Å². The molecule has 0 aromatic heterocycles. The molecule has 108 valence electrons. The lowest BCUT2D eigenvalue weighted by atomic mass is 9.45. The van der Waals surface area contributed by atoms with Crippen molar-refractivity contribution < 1.29 is 0 Å². The molecule has 2 unspecified atom stereocenters. The zero-order valence-corrected chi connectivity index (χ0v) is 12.9. The normalized spacial score (nSPS) is 42.1. The minimum absolute atomic E-state index is 0.462. The lowest BCUT2D eigenvalue weighted by Crippen LogP contribution is -2.63. The SMILES string of the molecule is CCNC12C[C@H]3C[C@@H](C1)CC(c1ccc(C)cc1)(C3)C2. The monoisotopic (exact) mass is 269 g/mol. The smallest absolute Gasteiger partial charge is 0.0195 e. The molecule has 4 bridgehead atoms. The van der Waals surface area contributed by atoms with Crippen molar-refractivity contribution in [2.75, 3.05) is 6.54 Å². The second-order valence-electron chi connectivity index (χ2n) is 7.92. The molecule has 1 N–H and O–H groups in total. The van der Waals surface area contributed by atoms with Crippen LogP contribution >= 0.6 is 0 Å². The van der Waals surface area contributed by atoms with Gasteiger partial charge >= 0.3 is 0 Å². The Morgan fingerprint density at radius 2 is 1.70 bits per heavy atom. The molecule has 0 heterocycles. The van der Waals surface area contributed by atoms with E-state index < -0.39 is 0 Å². The Hall–Kier alpha value is -0.820. The van der Waals surface area contributed by atoms with Gasteiger partial charge in [-0.05, 0) is 74.8 Å². The molecule has 20 heavy (non-hydrogen) atoms. The Bertz CT molecular complexity index is 487. The highest BCUT2D eigenvalue weighted by Gasteiger charge is 2.57. The largest absolute Gasteiger partial charge is 0.311 e. The van der Waals surface area contributed by atoms with Crippen molar-refractivity contribution in [3.63, 3.8) is 0 Å². The first-order valence-corrected chi connectivity index (χ1v) is 8.45. The molecule has 4 saturated carbocycles. The fraction of sp³-hybridized carbons (Fsp3) is 0.684. The predicted molar refractivity (Wildman–Crippen MR) is 83.9 cm³/mol. The van der Waals surface area contributed by atoms with Crippen LogP contribution in [0.15, 0.2) is 24.3 Å². The number of rotatable bonds is 3. The summed E-state index contributed by atoms with van der Waals surface area (Å²) in [5.41, 5.74) is 3.96. The van der Waals surface area contributed by atoms with Gasteiger partial charge < -0.3 is 5.32 Å². The van der Waals surface area contributed by atoms with Crippen molar-refractivity contribution in [3.8, 4) is 0 Å². The maximum atomic E-state index is 3.90. The first-order chi connectivity index (χ1) is 9.63. The van der Waals surface area contributed by atoms with E-state index in [0.717, 1.165) is 18.4 Å². The Balaban J connectivity index is 1.73. The molecule has 4 fully saturated rings. The summed E-state index contributed by atoms with van der Waals surface area (Å²) in [4.78, 5) is 0. The van der Waals surface area contributed by atoms with Gasteiger partial charge in [-0.1, -0.05) is 36.8 Å². The van der Waals surface area contributed by atoms with Crippen molar-refractivity contribution in [2.45, 2.75) is 63.3 Å². The highest BCUT2D eigenvalue weighted by Crippen LogP contribution is 2.62. The fourth-order valence-electron chi connectivity index (χ4n) is 6.09. The first kappa shape index (κ1) is 12.9. The summed E-state index contributed by atoms with van der Waals surface area (Å²) >= 11 is 0. The second-order valence-corrected chi connectivity index (χ2v) is 7.92. The topological polar surface area (TPSA) is 12.0 Å². The van der Waals surface area contributed by atoms with Crippen LogP contribution in [-0.2, 0) is 5.41 Å². The van der Waals surface area contributed by atoms with Gasteiger partial charge in [0, 0.05) is 5.54 Å². The molecule has 0 amide bonds. The van der Waals surface area contributed by atoms with E-state index in [1.807, 2.05) is 0 Å². The maximum absolute atomic E-state index is 3.90. The number of hydrogen-bond acceptors (Lipinski definition) is 1. The number of aryl methyl sites for hydroxylation is 1. The molecule has 1 nitrogen and oxygen atoms in total. The minimum Gasteiger partial charge on any atom is -0.311 e. The van der Waals surface area contributed by atoms with Crippen LogP contribution in [0.2, 0.25) is 0 Å². The molecule has 1 aromatic rings. The lowest BCUT2D eigenvalue weighted by Gasteiger charge is -2.62. The van der Waals surface area contributed by atoms with E-state index in [0.29, 0.717) is 11.0 Å². The molecule has 0 radical (unpaired) electrons. The van der Waals surface area contributed by atoms with Crippen LogP contribution in [0.1, 0.15) is 56.6 Å². The summed E-state index contributed by atoms with van der Waals surface area (Å²) in [7, 11) is 0. The molecule has 0 aliphatic heterocycles. The van der Waals surface area contributed by atoms with Gasteiger partial charge in [0.1, 0.15) is 0 Å². The Morgan fingerprint density at radius 3 is 2.30 bits per heavy atom. The van der Waals surface area contributed by atoms with Gasteiger partial charge in [0.25, 0.3) is 0 Å². The summed E-state index contributed by atoms with van der Waals surface area (Å²) in [5.74, 6) is 1.94. The zero-order chi connectivity index (χ0) is 13.8. The van der Waals surface area contributed by atoms with Gasteiger partial charge in [-0.3, -0.25) is 0 Å². The summed E-state index contributed by atoms with van der Waals surface area (Å²) in [5, 5.41) is 3.90. The molecule has 1 aromatic carbocycles. The van der Waals surface area contributed by atoms with Crippen LogP contribution in [0.4, 0.5) is 0 Å². The fourth-order valence-corrected chi connectivity index (χ4v) is 6.09. The molecule has 5 rings (SSSR count). The van der Waals surface area contributed by atoms with Crippen molar-refractivity contribution in [1.82, 2.24) is 5.32 Å². The van der Waals surface area contributed by atoms with E-state index in [4.69, 9.17) is 0 Å². The van der Waals surface area contributed by atoms with E-state index >= 15 is 0 Å². The standard InChI is InChI=1S/C19H27N/c1-3-20-19-11-15-8-16(12-19)10-18(9-15,13-19)17-6-4-14(2)5-7-17/h4-7,15-16,20H,3,8-13H2,1-2H3/t15-,16+,18?,19?. The average Bonchev–Trinajstić information content (AvgIpc) is 2.37. The number of hydrogen-bond donors (Lipinski definition) is 1. The van der Waals surface area contributed by atoms with E-state index in [1.165, 1.54) is 44.1 Å².